The summed E-state index contributed by atoms with van der Waals surface area (Å²) in [4.78, 5) is 12.6. The molecule has 3 nitrogen and oxygen atoms in total. The van der Waals surface area contributed by atoms with E-state index >= 15 is 0 Å². The Balaban J connectivity index is 0.914. The van der Waals surface area contributed by atoms with Crippen LogP contribution in [0.5, 0.6) is 0 Å². The van der Waals surface area contributed by atoms with Gasteiger partial charge in [0.15, 0.2) is 5.82 Å². The van der Waals surface area contributed by atoms with E-state index in [0.717, 1.165) is 56.3 Å². The first kappa shape index (κ1) is 39.2. The number of nitrogens with zero attached hydrogens (tertiary/aromatic N) is 3. The van der Waals surface area contributed by atoms with E-state index in [9.17, 15) is 0 Å². The molecule has 0 radical (unpaired) electrons. The number of hydrogen-bond acceptors (Lipinski definition) is 3. The van der Waals surface area contributed by atoms with Crippen LogP contribution in [0, 0.1) is 0 Å². The van der Waals surface area contributed by atoms with Gasteiger partial charge >= 0.3 is 0 Å². The molecule has 0 saturated heterocycles. The van der Waals surface area contributed by atoms with E-state index in [4.69, 9.17) is 9.97 Å². The molecule has 10 aromatic carbocycles. The van der Waals surface area contributed by atoms with Crippen LogP contribution in [0.3, 0.4) is 0 Å². The van der Waals surface area contributed by atoms with Crippen molar-refractivity contribution in [1.29, 1.82) is 0 Å². The van der Waals surface area contributed by atoms with Crippen molar-refractivity contribution in [2.24, 2.45) is 0 Å². The minimum absolute atomic E-state index is 0.705. The normalized spacial score (nSPS) is 11.1. The highest BCUT2D eigenvalue weighted by molar-refractivity contribution is 5.96. The topological polar surface area (TPSA) is 29.0 Å². The van der Waals surface area contributed by atoms with E-state index in [1.54, 1.807) is 0 Å². The molecule has 306 valence electrons. The lowest BCUT2D eigenvalue weighted by Crippen LogP contribution is -2.09. The van der Waals surface area contributed by atoms with Crippen molar-refractivity contribution >= 4 is 27.8 Å². The van der Waals surface area contributed by atoms with Crippen molar-refractivity contribution in [3.63, 3.8) is 0 Å². The molecule has 3 heteroatoms. The lowest BCUT2D eigenvalue weighted by molar-refractivity contribution is 1.18. The molecule has 0 amide bonds. The summed E-state index contributed by atoms with van der Waals surface area (Å²) in [7, 11) is 0. The lowest BCUT2D eigenvalue weighted by Gasteiger charge is -2.26. The number of hydrogen-bond donors (Lipinski definition) is 0. The second-order valence-electron chi connectivity index (χ2n) is 16.2. The van der Waals surface area contributed by atoms with Crippen molar-refractivity contribution in [3.8, 4) is 78.4 Å². The standard InChI is InChI=1S/C62H43N3/c1-4-14-44(15-5-1)47-30-36-55(37-31-47)65(57-40-34-49(35-41-57)54-23-12-22-53(42-54)45-16-6-2-7-17-45)56-38-32-48(33-39-56)46-26-28-51(29-27-46)60-43-61(64-62(63-60)52-19-8-3-9-20-52)59-25-13-21-50-18-10-11-24-58(50)59/h1-43H. The number of benzene rings is 10. The van der Waals surface area contributed by atoms with Gasteiger partial charge in [-0.1, -0.05) is 212 Å². The minimum Gasteiger partial charge on any atom is -0.311 e. The quantitative estimate of drug-likeness (QED) is 0.137. The van der Waals surface area contributed by atoms with Crippen molar-refractivity contribution in [2.75, 3.05) is 4.90 Å². The highest BCUT2D eigenvalue weighted by atomic mass is 15.1. The Morgan fingerprint density at radius 2 is 0.615 bits per heavy atom. The zero-order valence-corrected chi connectivity index (χ0v) is 35.7. The number of fused-ring (bicyclic) bond motifs is 1. The van der Waals surface area contributed by atoms with Crippen LogP contribution in [0.4, 0.5) is 17.1 Å². The molecule has 0 atom stereocenters. The molecular weight excluding hydrogens is 787 g/mol. The SMILES string of the molecule is c1ccc(-c2ccc(N(c3ccc(-c4ccc(-c5cc(-c6cccc7ccccc67)nc(-c6ccccc6)n5)cc4)cc3)c3ccc(-c4cccc(-c5ccccc5)c4)cc3)cc2)cc1. The van der Waals surface area contributed by atoms with E-state index in [1.807, 2.05) is 18.2 Å². The Morgan fingerprint density at radius 1 is 0.246 bits per heavy atom. The van der Waals surface area contributed by atoms with Crippen molar-refractivity contribution in [1.82, 2.24) is 9.97 Å². The van der Waals surface area contributed by atoms with Gasteiger partial charge in [-0.2, -0.15) is 0 Å². The minimum atomic E-state index is 0.705. The Kier molecular flexibility index (Phi) is 10.6. The average Bonchev–Trinajstić information content (AvgIpc) is 3.40. The second kappa shape index (κ2) is 17.6. The lowest BCUT2D eigenvalue weighted by atomic mass is 9.98. The van der Waals surface area contributed by atoms with Crippen LogP contribution in [0.2, 0.25) is 0 Å². The van der Waals surface area contributed by atoms with Gasteiger partial charge < -0.3 is 4.90 Å². The molecule has 65 heavy (non-hydrogen) atoms. The van der Waals surface area contributed by atoms with Crippen molar-refractivity contribution in [2.45, 2.75) is 0 Å². The van der Waals surface area contributed by atoms with E-state index in [0.29, 0.717) is 5.82 Å². The molecular formula is C62H43N3. The molecule has 0 aliphatic heterocycles. The van der Waals surface area contributed by atoms with Crippen molar-refractivity contribution in [3.05, 3.63) is 261 Å². The van der Waals surface area contributed by atoms with Gasteiger partial charge in [-0.15, -0.1) is 0 Å². The summed E-state index contributed by atoms with van der Waals surface area (Å²) in [6.45, 7) is 0. The van der Waals surface area contributed by atoms with Crippen LogP contribution in [0.25, 0.3) is 89.2 Å². The van der Waals surface area contributed by atoms with Crippen LogP contribution in [-0.4, -0.2) is 9.97 Å². The van der Waals surface area contributed by atoms with Crippen LogP contribution in [0.1, 0.15) is 0 Å². The maximum atomic E-state index is 5.12. The van der Waals surface area contributed by atoms with Gasteiger partial charge in [0.1, 0.15) is 0 Å². The number of rotatable bonds is 10. The van der Waals surface area contributed by atoms with E-state index in [2.05, 4.69) is 248 Å². The molecule has 0 saturated carbocycles. The first-order chi connectivity index (χ1) is 32.2. The summed E-state index contributed by atoms with van der Waals surface area (Å²) in [5, 5.41) is 2.35. The summed E-state index contributed by atoms with van der Waals surface area (Å²) >= 11 is 0. The smallest absolute Gasteiger partial charge is 0.160 e. The average molecular weight is 830 g/mol. The molecule has 1 heterocycles. The number of anilines is 3. The van der Waals surface area contributed by atoms with Gasteiger partial charge in [-0.05, 0) is 104 Å². The summed E-state index contributed by atoms with van der Waals surface area (Å²) in [6, 6.07) is 92.5. The Morgan fingerprint density at radius 3 is 1.17 bits per heavy atom. The van der Waals surface area contributed by atoms with Gasteiger partial charge in [0.05, 0.1) is 11.4 Å². The second-order valence-corrected chi connectivity index (χ2v) is 16.2. The third-order valence-electron chi connectivity index (χ3n) is 12.1. The van der Waals surface area contributed by atoms with E-state index in [-0.39, 0.29) is 0 Å². The molecule has 0 bridgehead atoms. The summed E-state index contributed by atoms with van der Waals surface area (Å²) in [6.07, 6.45) is 0. The fraction of sp³-hybridized carbons (Fsp3) is 0. The van der Waals surface area contributed by atoms with E-state index in [1.165, 1.54) is 44.2 Å². The van der Waals surface area contributed by atoms with Gasteiger partial charge in [0.2, 0.25) is 0 Å². The molecule has 0 spiro atoms. The Hall–Kier alpha value is -8.66. The van der Waals surface area contributed by atoms with Crippen molar-refractivity contribution < 1.29 is 0 Å². The molecule has 0 aliphatic carbocycles. The highest BCUT2D eigenvalue weighted by Gasteiger charge is 2.16. The monoisotopic (exact) mass is 829 g/mol. The van der Waals surface area contributed by atoms with Gasteiger partial charge in [-0.25, -0.2) is 9.97 Å². The first-order valence-corrected chi connectivity index (χ1v) is 22.1. The number of aromatic nitrogens is 2. The summed E-state index contributed by atoms with van der Waals surface area (Å²) < 4.78 is 0. The molecule has 11 rings (SSSR count). The van der Waals surface area contributed by atoms with Gasteiger partial charge in [0, 0.05) is 33.8 Å². The summed E-state index contributed by atoms with van der Waals surface area (Å²) in [5.74, 6) is 0.705. The third-order valence-corrected chi connectivity index (χ3v) is 12.1. The Bertz CT molecular complexity index is 3360. The van der Waals surface area contributed by atoms with E-state index < -0.39 is 0 Å². The van der Waals surface area contributed by atoms with Crippen LogP contribution in [0.15, 0.2) is 261 Å². The molecule has 0 unspecified atom stereocenters. The fourth-order valence-corrected chi connectivity index (χ4v) is 8.73. The predicted octanol–water partition coefficient (Wildman–Crippen LogP) is 16.8. The largest absolute Gasteiger partial charge is 0.311 e. The molecule has 0 N–H and O–H groups in total. The first-order valence-electron chi connectivity index (χ1n) is 22.1. The predicted molar refractivity (Wildman–Crippen MR) is 272 cm³/mol. The Labute approximate surface area is 380 Å². The third kappa shape index (κ3) is 8.23. The van der Waals surface area contributed by atoms with Crippen LogP contribution in [-0.2, 0) is 0 Å². The maximum absolute atomic E-state index is 5.12. The summed E-state index contributed by atoms with van der Waals surface area (Å²) in [5.41, 5.74) is 17.6. The fourth-order valence-electron chi connectivity index (χ4n) is 8.73. The highest BCUT2D eigenvalue weighted by Crippen LogP contribution is 2.39. The molecule has 0 aliphatic rings. The molecule has 1 aromatic heterocycles. The van der Waals surface area contributed by atoms with Crippen LogP contribution < -0.4 is 4.90 Å². The maximum Gasteiger partial charge on any atom is 0.160 e. The zero-order chi connectivity index (χ0) is 43.4. The molecule has 11 aromatic rings. The molecule has 0 fully saturated rings. The van der Waals surface area contributed by atoms with Crippen LogP contribution >= 0.6 is 0 Å². The van der Waals surface area contributed by atoms with Gasteiger partial charge in [-0.3, -0.25) is 0 Å². The van der Waals surface area contributed by atoms with Gasteiger partial charge in [0.25, 0.3) is 0 Å². The zero-order valence-electron chi connectivity index (χ0n) is 35.7.